The maximum atomic E-state index is 11.3. The number of amides is 1. The smallest absolute Gasteiger partial charge is 0.410 e. The van der Waals surface area contributed by atoms with Gasteiger partial charge in [0.2, 0.25) is 0 Å². The van der Waals surface area contributed by atoms with Gasteiger partial charge in [-0.2, -0.15) is 0 Å². The van der Waals surface area contributed by atoms with Crippen LogP contribution in [0.1, 0.15) is 6.92 Å². The van der Waals surface area contributed by atoms with Gasteiger partial charge in [-0.1, -0.05) is 18.2 Å². The van der Waals surface area contributed by atoms with E-state index in [4.69, 9.17) is 14.2 Å². The lowest BCUT2D eigenvalue weighted by atomic mass is 10.3. The van der Waals surface area contributed by atoms with Crippen LogP contribution in [0.2, 0.25) is 0 Å². The highest BCUT2D eigenvalue weighted by Gasteiger charge is 2.02. The minimum atomic E-state index is -0.477. The molecule has 0 heterocycles. The molecule has 1 rings (SSSR count). The number of nitrogens with one attached hydrogen (secondary N) is 1. The zero-order valence-electron chi connectivity index (χ0n) is 10.6. The Kier molecular flexibility index (Phi) is 7.59. The van der Waals surface area contributed by atoms with E-state index in [2.05, 4.69) is 5.32 Å². The van der Waals surface area contributed by atoms with Crippen LogP contribution in [-0.2, 0) is 9.47 Å². The predicted molar refractivity (Wildman–Crippen MR) is 67.8 cm³/mol. The molecule has 0 spiro atoms. The molecule has 0 bridgehead atoms. The van der Waals surface area contributed by atoms with E-state index in [1.807, 2.05) is 13.0 Å². The highest BCUT2D eigenvalue weighted by atomic mass is 16.6. The van der Waals surface area contributed by atoms with Gasteiger partial charge in [-0.05, 0) is 19.1 Å². The average molecular weight is 253 g/mol. The maximum absolute atomic E-state index is 11.3. The second-order valence-corrected chi connectivity index (χ2v) is 3.44. The molecule has 0 aromatic heterocycles. The molecule has 5 heteroatoms. The molecule has 0 atom stereocenters. The Hall–Kier alpha value is -1.59. The van der Waals surface area contributed by atoms with Crippen molar-refractivity contribution in [2.24, 2.45) is 0 Å². The molecule has 0 aliphatic carbocycles. The summed E-state index contributed by atoms with van der Waals surface area (Å²) in [4.78, 5) is 11.3. The van der Waals surface area contributed by atoms with Crippen LogP contribution in [0.25, 0.3) is 0 Å². The largest absolute Gasteiger partial charge is 0.412 e. The second kappa shape index (κ2) is 9.44. The van der Waals surface area contributed by atoms with Crippen molar-refractivity contribution in [2.75, 3.05) is 33.0 Å². The molecule has 0 fully saturated rings. The van der Waals surface area contributed by atoms with Crippen molar-refractivity contribution in [2.45, 2.75) is 6.92 Å². The van der Waals surface area contributed by atoms with Crippen molar-refractivity contribution in [3.8, 4) is 5.75 Å². The highest BCUT2D eigenvalue weighted by Crippen LogP contribution is 2.07. The summed E-state index contributed by atoms with van der Waals surface area (Å²) < 4.78 is 15.4. The van der Waals surface area contributed by atoms with E-state index < -0.39 is 6.09 Å². The summed E-state index contributed by atoms with van der Waals surface area (Å²) in [5, 5.41) is 2.60. The Balaban J connectivity index is 2.00. The second-order valence-electron chi connectivity index (χ2n) is 3.44. The predicted octanol–water partition coefficient (Wildman–Crippen LogP) is 1.83. The van der Waals surface area contributed by atoms with Crippen molar-refractivity contribution in [3.05, 3.63) is 30.3 Å². The van der Waals surface area contributed by atoms with E-state index >= 15 is 0 Å². The van der Waals surface area contributed by atoms with Gasteiger partial charge in [0.05, 0.1) is 19.8 Å². The minimum Gasteiger partial charge on any atom is -0.410 e. The van der Waals surface area contributed by atoms with Gasteiger partial charge >= 0.3 is 6.09 Å². The van der Waals surface area contributed by atoms with Crippen molar-refractivity contribution in [1.29, 1.82) is 0 Å². The van der Waals surface area contributed by atoms with E-state index in [9.17, 15) is 4.79 Å². The molecule has 1 N–H and O–H groups in total. The van der Waals surface area contributed by atoms with Gasteiger partial charge in [-0.3, -0.25) is 0 Å². The zero-order chi connectivity index (χ0) is 13.1. The summed E-state index contributed by atoms with van der Waals surface area (Å²) in [7, 11) is 0. The first-order valence-corrected chi connectivity index (χ1v) is 5.99. The van der Waals surface area contributed by atoms with Crippen LogP contribution in [0.15, 0.2) is 30.3 Å². The molecule has 0 saturated heterocycles. The summed E-state index contributed by atoms with van der Waals surface area (Å²) in [6.07, 6.45) is -0.477. The molecule has 1 aromatic rings. The number of para-hydroxylation sites is 1. The molecule has 0 aliphatic heterocycles. The van der Waals surface area contributed by atoms with Crippen LogP contribution in [0.5, 0.6) is 5.75 Å². The van der Waals surface area contributed by atoms with Crippen LogP contribution in [0.3, 0.4) is 0 Å². The Morgan fingerprint density at radius 2 is 1.83 bits per heavy atom. The van der Waals surface area contributed by atoms with Gasteiger partial charge in [-0.15, -0.1) is 0 Å². The third kappa shape index (κ3) is 6.88. The van der Waals surface area contributed by atoms with Gasteiger partial charge in [0.25, 0.3) is 0 Å². The summed E-state index contributed by atoms with van der Waals surface area (Å²) in [6.45, 7) is 4.58. The molecular formula is C13H19NO4. The summed E-state index contributed by atoms with van der Waals surface area (Å²) in [5.74, 6) is 0.521. The molecule has 100 valence electrons. The Labute approximate surface area is 107 Å². The monoisotopic (exact) mass is 253 g/mol. The fourth-order valence-electron chi connectivity index (χ4n) is 1.22. The first-order valence-electron chi connectivity index (χ1n) is 5.99. The molecule has 5 nitrogen and oxygen atoms in total. The number of carbonyl (C=O) groups excluding carboxylic acids is 1. The SMILES string of the molecule is CCOCCOCCNC(=O)Oc1ccccc1. The summed E-state index contributed by atoms with van der Waals surface area (Å²) in [6, 6.07) is 8.91. The molecule has 0 unspecified atom stereocenters. The summed E-state index contributed by atoms with van der Waals surface area (Å²) >= 11 is 0. The van der Waals surface area contributed by atoms with Crippen LogP contribution in [0.4, 0.5) is 4.79 Å². The van der Waals surface area contributed by atoms with Crippen LogP contribution in [0, 0.1) is 0 Å². The minimum absolute atomic E-state index is 0.414. The van der Waals surface area contributed by atoms with Crippen LogP contribution < -0.4 is 10.1 Å². The maximum Gasteiger partial charge on any atom is 0.412 e. The van der Waals surface area contributed by atoms with Gasteiger partial charge in [-0.25, -0.2) is 4.79 Å². The Bertz CT molecular complexity index is 329. The molecule has 0 saturated carbocycles. The normalized spacial score (nSPS) is 10.1. The molecule has 1 amide bonds. The molecule has 1 aromatic carbocycles. The first kappa shape index (κ1) is 14.5. The number of rotatable bonds is 8. The number of hydrogen-bond acceptors (Lipinski definition) is 4. The fraction of sp³-hybridized carbons (Fsp3) is 0.462. The van der Waals surface area contributed by atoms with Gasteiger partial charge in [0.1, 0.15) is 5.75 Å². The lowest BCUT2D eigenvalue weighted by Gasteiger charge is -2.07. The summed E-state index contributed by atoms with van der Waals surface area (Å²) in [5.41, 5.74) is 0. The number of hydrogen-bond donors (Lipinski definition) is 1. The third-order valence-electron chi connectivity index (χ3n) is 2.05. The molecule has 0 aliphatic rings. The van der Waals surface area contributed by atoms with Crippen molar-refractivity contribution < 1.29 is 19.0 Å². The van der Waals surface area contributed by atoms with E-state index in [0.717, 1.165) is 0 Å². The Morgan fingerprint density at radius 1 is 1.11 bits per heavy atom. The quantitative estimate of drug-likeness (QED) is 0.718. The molecular weight excluding hydrogens is 234 g/mol. The highest BCUT2D eigenvalue weighted by molar-refractivity contribution is 5.70. The lowest BCUT2D eigenvalue weighted by Crippen LogP contribution is -2.30. The van der Waals surface area contributed by atoms with Crippen LogP contribution >= 0.6 is 0 Å². The third-order valence-corrected chi connectivity index (χ3v) is 2.05. The number of ether oxygens (including phenoxy) is 3. The van der Waals surface area contributed by atoms with Crippen LogP contribution in [-0.4, -0.2) is 39.1 Å². The van der Waals surface area contributed by atoms with Crippen molar-refractivity contribution in [1.82, 2.24) is 5.32 Å². The van der Waals surface area contributed by atoms with Gasteiger partial charge in [0, 0.05) is 13.2 Å². The topological polar surface area (TPSA) is 56.8 Å². The standard InChI is InChI=1S/C13H19NO4/c1-2-16-10-11-17-9-8-14-13(15)18-12-6-4-3-5-7-12/h3-7H,2,8-11H2,1H3,(H,14,15). The zero-order valence-corrected chi connectivity index (χ0v) is 10.6. The van der Waals surface area contributed by atoms with E-state index in [0.29, 0.717) is 38.7 Å². The first-order chi connectivity index (χ1) is 8.83. The lowest BCUT2D eigenvalue weighted by molar-refractivity contribution is 0.0541. The molecule has 0 radical (unpaired) electrons. The molecule has 18 heavy (non-hydrogen) atoms. The van der Waals surface area contributed by atoms with Crippen molar-refractivity contribution in [3.63, 3.8) is 0 Å². The fourth-order valence-corrected chi connectivity index (χ4v) is 1.22. The average Bonchev–Trinajstić information content (AvgIpc) is 2.39. The van der Waals surface area contributed by atoms with Crippen molar-refractivity contribution >= 4 is 6.09 Å². The van der Waals surface area contributed by atoms with E-state index in [1.54, 1.807) is 24.3 Å². The number of benzene rings is 1. The van der Waals surface area contributed by atoms with E-state index in [1.165, 1.54) is 0 Å². The number of carbonyl (C=O) groups is 1. The van der Waals surface area contributed by atoms with E-state index in [-0.39, 0.29) is 0 Å². The van der Waals surface area contributed by atoms with Gasteiger partial charge < -0.3 is 19.5 Å². The van der Waals surface area contributed by atoms with Gasteiger partial charge in [0.15, 0.2) is 0 Å². The Morgan fingerprint density at radius 3 is 2.56 bits per heavy atom.